The molecule has 36 heavy (non-hydrogen) atoms. The number of ether oxygens (including phenoxy) is 2. The van der Waals surface area contributed by atoms with Crippen LogP contribution in [0.1, 0.15) is 32.8 Å². The van der Waals surface area contributed by atoms with E-state index in [2.05, 4.69) is 9.97 Å². The number of carbonyl (C=O) groups is 2. The topological polar surface area (TPSA) is 111 Å². The molecule has 1 unspecified atom stereocenters. The van der Waals surface area contributed by atoms with Gasteiger partial charge in [0.25, 0.3) is 0 Å². The number of alkyl halides is 3. The Balaban J connectivity index is 1.69. The SMILES string of the molecule is CC(C)(C)CC(COc1ccnc(N2CCN(c3ccc(C(F)(F)F)cn3)CC2=O)c1F)OC(N)=O. The van der Waals surface area contributed by atoms with Crippen LogP contribution in [0, 0.1) is 11.2 Å². The summed E-state index contributed by atoms with van der Waals surface area (Å²) in [4.78, 5) is 34.4. The van der Waals surface area contributed by atoms with Crippen LogP contribution in [0.2, 0.25) is 0 Å². The number of nitrogens with zero attached hydrogens (tertiary/aromatic N) is 4. The molecule has 0 radical (unpaired) electrons. The van der Waals surface area contributed by atoms with Gasteiger partial charge >= 0.3 is 12.3 Å². The van der Waals surface area contributed by atoms with Gasteiger partial charge in [-0.2, -0.15) is 17.6 Å². The van der Waals surface area contributed by atoms with Crippen molar-refractivity contribution in [2.24, 2.45) is 11.1 Å². The number of carbonyl (C=O) groups excluding carboxylic acids is 2. The summed E-state index contributed by atoms with van der Waals surface area (Å²) < 4.78 is 64.1. The van der Waals surface area contributed by atoms with E-state index in [0.717, 1.165) is 11.0 Å². The summed E-state index contributed by atoms with van der Waals surface area (Å²) >= 11 is 0. The van der Waals surface area contributed by atoms with Gasteiger partial charge in [0.1, 0.15) is 18.5 Å². The van der Waals surface area contributed by atoms with Gasteiger partial charge in [-0.3, -0.25) is 9.69 Å². The predicted molar refractivity (Wildman–Crippen MR) is 122 cm³/mol. The summed E-state index contributed by atoms with van der Waals surface area (Å²) in [6.07, 6.45) is -3.83. The molecule has 0 aliphatic carbocycles. The largest absolute Gasteiger partial charge is 0.486 e. The van der Waals surface area contributed by atoms with Crippen LogP contribution >= 0.6 is 0 Å². The molecule has 0 aromatic carbocycles. The van der Waals surface area contributed by atoms with Crippen LogP contribution in [-0.4, -0.2) is 54.3 Å². The second kappa shape index (κ2) is 10.5. The molecule has 9 nitrogen and oxygen atoms in total. The first-order chi connectivity index (χ1) is 16.7. The summed E-state index contributed by atoms with van der Waals surface area (Å²) in [5.74, 6) is -1.64. The van der Waals surface area contributed by atoms with Gasteiger partial charge in [-0.05, 0) is 24.0 Å². The van der Waals surface area contributed by atoms with Crippen LogP contribution in [-0.2, 0) is 15.7 Å². The Hall–Kier alpha value is -3.64. The fourth-order valence-electron chi connectivity index (χ4n) is 3.71. The summed E-state index contributed by atoms with van der Waals surface area (Å²) in [5, 5.41) is 0. The fourth-order valence-corrected chi connectivity index (χ4v) is 3.71. The van der Waals surface area contributed by atoms with Crippen molar-refractivity contribution in [1.82, 2.24) is 9.97 Å². The maximum Gasteiger partial charge on any atom is 0.417 e. The van der Waals surface area contributed by atoms with Crippen molar-refractivity contribution >= 4 is 23.6 Å². The van der Waals surface area contributed by atoms with Crippen molar-refractivity contribution in [3.05, 3.63) is 42.0 Å². The molecule has 2 N–H and O–H groups in total. The number of amides is 2. The second-order valence-corrected chi connectivity index (χ2v) is 9.45. The third-order valence-electron chi connectivity index (χ3n) is 5.26. The average molecular weight is 513 g/mol. The van der Waals surface area contributed by atoms with Crippen molar-refractivity contribution in [2.45, 2.75) is 39.5 Å². The summed E-state index contributed by atoms with van der Waals surface area (Å²) in [6, 6.07) is 3.35. The number of hydrogen-bond acceptors (Lipinski definition) is 7. The van der Waals surface area contributed by atoms with E-state index in [1.807, 2.05) is 20.8 Å². The van der Waals surface area contributed by atoms with Crippen LogP contribution in [0.5, 0.6) is 5.75 Å². The standard InChI is InChI=1S/C23H27F4N5O4/c1-22(2,3)10-15(36-21(28)34)13-35-16-6-7-29-20(19(16)24)32-9-8-31(12-18(32)33)17-5-4-14(11-30-17)23(25,26)27/h4-7,11,15H,8-10,12-13H2,1-3H3,(H2,28,34). The Morgan fingerprint density at radius 2 is 1.89 bits per heavy atom. The maximum absolute atomic E-state index is 15.2. The van der Waals surface area contributed by atoms with Gasteiger partial charge < -0.3 is 20.1 Å². The Kier molecular flexibility index (Phi) is 7.89. The van der Waals surface area contributed by atoms with Crippen molar-refractivity contribution in [3.8, 4) is 5.75 Å². The fraction of sp³-hybridized carbons (Fsp3) is 0.478. The van der Waals surface area contributed by atoms with Crippen LogP contribution in [0.3, 0.4) is 0 Å². The number of hydrogen-bond donors (Lipinski definition) is 1. The molecule has 196 valence electrons. The minimum Gasteiger partial charge on any atom is -0.486 e. The molecule has 3 rings (SSSR count). The number of piperazine rings is 1. The second-order valence-electron chi connectivity index (χ2n) is 9.45. The van der Waals surface area contributed by atoms with Gasteiger partial charge in [-0.25, -0.2) is 14.8 Å². The van der Waals surface area contributed by atoms with Crippen molar-refractivity contribution in [2.75, 3.05) is 36.0 Å². The Bertz CT molecular complexity index is 1090. The lowest BCUT2D eigenvalue weighted by atomic mass is 9.89. The molecular weight excluding hydrogens is 486 g/mol. The Morgan fingerprint density at radius 3 is 2.44 bits per heavy atom. The number of aromatic nitrogens is 2. The van der Waals surface area contributed by atoms with E-state index in [1.165, 1.54) is 23.2 Å². The van der Waals surface area contributed by atoms with Crippen molar-refractivity contribution < 1.29 is 36.6 Å². The van der Waals surface area contributed by atoms with Gasteiger partial charge in [-0.1, -0.05) is 20.8 Å². The summed E-state index contributed by atoms with van der Waals surface area (Å²) in [7, 11) is 0. The molecule has 1 aliphatic rings. The molecule has 2 aromatic heterocycles. The zero-order chi connectivity index (χ0) is 26.7. The number of primary amides is 1. The molecule has 1 saturated heterocycles. The quantitative estimate of drug-likeness (QED) is 0.561. The molecule has 2 amide bonds. The zero-order valence-corrected chi connectivity index (χ0v) is 20.0. The first kappa shape index (κ1) is 27.0. The lowest BCUT2D eigenvalue weighted by Gasteiger charge is -2.34. The van der Waals surface area contributed by atoms with Gasteiger partial charge in [0.05, 0.1) is 12.1 Å². The summed E-state index contributed by atoms with van der Waals surface area (Å²) in [5.41, 5.74) is 4.00. The Labute approximate surface area is 205 Å². The Morgan fingerprint density at radius 1 is 1.17 bits per heavy atom. The normalized spacial score (nSPS) is 15.6. The minimum atomic E-state index is -4.52. The molecule has 2 aromatic rings. The van der Waals surface area contributed by atoms with Crippen molar-refractivity contribution in [3.63, 3.8) is 0 Å². The number of rotatable bonds is 7. The first-order valence-corrected chi connectivity index (χ1v) is 11.1. The van der Waals surface area contributed by atoms with Crippen molar-refractivity contribution in [1.29, 1.82) is 0 Å². The van der Waals surface area contributed by atoms with E-state index in [1.54, 1.807) is 0 Å². The number of nitrogens with two attached hydrogens (primary N) is 1. The molecule has 1 fully saturated rings. The number of pyridine rings is 2. The third-order valence-corrected chi connectivity index (χ3v) is 5.26. The molecule has 3 heterocycles. The predicted octanol–water partition coefficient (Wildman–Crippen LogP) is 3.77. The zero-order valence-electron chi connectivity index (χ0n) is 20.0. The van der Waals surface area contributed by atoms with Crippen LogP contribution < -0.4 is 20.3 Å². The van der Waals surface area contributed by atoms with E-state index >= 15 is 4.39 Å². The van der Waals surface area contributed by atoms with E-state index in [9.17, 15) is 22.8 Å². The van der Waals surface area contributed by atoms with E-state index in [0.29, 0.717) is 12.6 Å². The minimum absolute atomic E-state index is 0.0202. The van der Waals surface area contributed by atoms with Crippen LogP contribution in [0.25, 0.3) is 0 Å². The van der Waals surface area contributed by atoms with Gasteiger partial charge in [0.2, 0.25) is 11.7 Å². The van der Waals surface area contributed by atoms with E-state index in [-0.39, 0.29) is 49.0 Å². The number of halogens is 4. The molecule has 0 saturated carbocycles. The highest BCUT2D eigenvalue weighted by Gasteiger charge is 2.33. The smallest absolute Gasteiger partial charge is 0.417 e. The highest BCUT2D eigenvalue weighted by atomic mass is 19.4. The summed E-state index contributed by atoms with van der Waals surface area (Å²) in [6.45, 7) is 5.61. The monoisotopic (exact) mass is 513 g/mol. The van der Waals surface area contributed by atoms with Crippen LogP contribution in [0.4, 0.5) is 34.0 Å². The van der Waals surface area contributed by atoms with Gasteiger partial charge in [0.15, 0.2) is 11.6 Å². The first-order valence-electron chi connectivity index (χ1n) is 11.1. The lowest BCUT2D eigenvalue weighted by molar-refractivity contribution is -0.137. The highest BCUT2D eigenvalue weighted by molar-refractivity contribution is 5.97. The highest BCUT2D eigenvalue weighted by Crippen LogP contribution is 2.31. The number of anilines is 2. The lowest BCUT2D eigenvalue weighted by Crippen LogP contribution is -2.51. The molecule has 0 spiro atoms. The van der Waals surface area contributed by atoms with Gasteiger partial charge in [-0.15, -0.1) is 0 Å². The molecule has 1 aliphatic heterocycles. The van der Waals surface area contributed by atoms with E-state index in [4.69, 9.17) is 15.2 Å². The molecule has 13 heteroatoms. The molecular formula is C23H27F4N5O4. The third kappa shape index (κ3) is 6.95. The van der Waals surface area contributed by atoms with Crippen LogP contribution in [0.15, 0.2) is 30.6 Å². The maximum atomic E-state index is 15.2. The van der Waals surface area contributed by atoms with E-state index < -0.39 is 35.7 Å². The molecule has 0 bridgehead atoms. The average Bonchev–Trinajstić information content (AvgIpc) is 2.76. The molecule has 1 atom stereocenters. The van der Waals surface area contributed by atoms with Gasteiger partial charge in [0, 0.05) is 31.5 Å².